The molecule has 2 N–H and O–H groups in total. The monoisotopic (exact) mass is 288 g/mol. The first-order valence-electron chi connectivity index (χ1n) is 6.36. The lowest BCUT2D eigenvalue weighted by molar-refractivity contribution is 0.0694. The molecule has 1 aromatic carbocycles. The Bertz CT molecular complexity index is 796. The lowest BCUT2D eigenvalue weighted by Gasteiger charge is -2.15. The van der Waals surface area contributed by atoms with Gasteiger partial charge in [0.05, 0.1) is 18.6 Å². The van der Waals surface area contributed by atoms with Crippen LogP contribution in [0.1, 0.15) is 10.4 Å². The summed E-state index contributed by atoms with van der Waals surface area (Å²) >= 11 is 0. The molecule has 1 aliphatic heterocycles. The Balaban J connectivity index is 2.12. The minimum absolute atomic E-state index is 0.278. The second-order valence-corrected chi connectivity index (χ2v) is 4.75. The summed E-state index contributed by atoms with van der Waals surface area (Å²) in [7, 11) is 0. The van der Waals surface area contributed by atoms with Crippen molar-refractivity contribution in [2.75, 3.05) is 6.54 Å². The first-order chi connectivity index (χ1) is 10.1. The maximum absolute atomic E-state index is 12.1. The molecule has 0 spiro atoms. The highest BCUT2D eigenvalue weighted by Gasteiger charge is 2.24. The maximum Gasteiger partial charge on any atom is 0.407 e. The van der Waals surface area contributed by atoms with Gasteiger partial charge < -0.3 is 19.7 Å². The third-order valence-electron chi connectivity index (χ3n) is 3.37. The molecule has 2 heterocycles. The van der Waals surface area contributed by atoms with Crippen molar-refractivity contribution in [3.63, 3.8) is 0 Å². The molecular formula is C14H12N2O5. The maximum atomic E-state index is 12.1. The van der Waals surface area contributed by atoms with Crippen LogP contribution < -0.4 is 10.7 Å². The number of pyridine rings is 1. The van der Waals surface area contributed by atoms with Gasteiger partial charge in [-0.1, -0.05) is 12.1 Å². The molecule has 108 valence electrons. The Morgan fingerprint density at radius 1 is 1.38 bits per heavy atom. The van der Waals surface area contributed by atoms with Crippen LogP contribution >= 0.6 is 0 Å². The van der Waals surface area contributed by atoms with E-state index in [1.54, 1.807) is 28.8 Å². The van der Waals surface area contributed by atoms with Crippen molar-refractivity contribution in [1.82, 2.24) is 9.88 Å². The Kier molecular flexibility index (Phi) is 3.09. The van der Waals surface area contributed by atoms with Gasteiger partial charge in [0.1, 0.15) is 11.7 Å². The average Bonchev–Trinajstić information content (AvgIpc) is 2.87. The van der Waals surface area contributed by atoms with E-state index >= 15 is 0 Å². The molecular weight excluding hydrogens is 276 g/mol. The van der Waals surface area contributed by atoms with Gasteiger partial charge in [-0.2, -0.15) is 0 Å². The van der Waals surface area contributed by atoms with E-state index in [1.165, 1.54) is 6.20 Å². The Labute approximate surface area is 118 Å². The molecule has 1 aromatic heterocycles. The average molecular weight is 288 g/mol. The molecule has 21 heavy (non-hydrogen) atoms. The minimum Gasteiger partial charge on any atom is -0.477 e. The summed E-state index contributed by atoms with van der Waals surface area (Å²) in [6, 6.07) is 6.75. The quantitative estimate of drug-likeness (QED) is 0.871. The molecule has 0 saturated carbocycles. The fourth-order valence-electron chi connectivity index (χ4n) is 2.40. The van der Waals surface area contributed by atoms with Gasteiger partial charge in [0.25, 0.3) is 0 Å². The number of aromatic nitrogens is 1. The number of fused-ring (bicyclic) bond motifs is 1. The molecule has 7 heteroatoms. The normalized spacial score (nSPS) is 17.5. The summed E-state index contributed by atoms with van der Waals surface area (Å²) in [5, 5.41) is 12.0. The van der Waals surface area contributed by atoms with Gasteiger partial charge in [-0.05, 0) is 12.1 Å². The first-order valence-corrected chi connectivity index (χ1v) is 6.36. The molecule has 1 atom stereocenters. The number of cyclic esters (lactones) is 1. The van der Waals surface area contributed by atoms with Gasteiger partial charge in [0.15, 0.2) is 0 Å². The molecule has 1 aliphatic rings. The second kappa shape index (κ2) is 4.93. The number of carboxylic acids is 1. The number of carbonyl (C=O) groups excluding carboxylic acids is 1. The van der Waals surface area contributed by atoms with E-state index in [-0.39, 0.29) is 12.1 Å². The molecule has 0 bridgehead atoms. The summed E-state index contributed by atoms with van der Waals surface area (Å²) in [5.41, 5.74) is -0.211. The van der Waals surface area contributed by atoms with Gasteiger partial charge in [0.2, 0.25) is 5.43 Å². The Morgan fingerprint density at radius 3 is 2.81 bits per heavy atom. The van der Waals surface area contributed by atoms with Crippen molar-refractivity contribution < 1.29 is 19.4 Å². The van der Waals surface area contributed by atoms with Crippen LogP contribution in [0.25, 0.3) is 10.9 Å². The Morgan fingerprint density at radius 2 is 2.14 bits per heavy atom. The number of carbonyl (C=O) groups is 2. The van der Waals surface area contributed by atoms with E-state index in [0.29, 0.717) is 17.4 Å². The number of benzene rings is 1. The van der Waals surface area contributed by atoms with Gasteiger partial charge in [0, 0.05) is 11.6 Å². The number of ether oxygens (including phenoxy) is 1. The van der Waals surface area contributed by atoms with Crippen molar-refractivity contribution in [3.8, 4) is 0 Å². The van der Waals surface area contributed by atoms with Gasteiger partial charge in [-0.15, -0.1) is 0 Å². The number of aromatic carboxylic acids is 1. The predicted molar refractivity (Wildman–Crippen MR) is 73.4 cm³/mol. The lowest BCUT2D eigenvalue weighted by Crippen LogP contribution is -2.24. The molecule has 1 fully saturated rings. The number of carboxylic acid groups (broad SMARTS) is 1. The highest BCUT2D eigenvalue weighted by atomic mass is 16.6. The highest BCUT2D eigenvalue weighted by Crippen LogP contribution is 2.14. The molecule has 2 aromatic rings. The standard InChI is InChI=1S/C14H12N2O5/c17-12-9-3-1-2-4-11(9)16(7-10(12)13(18)19)6-8-5-15-14(20)21-8/h1-4,7-8H,5-6H2,(H,15,20)(H,18,19). The second-order valence-electron chi connectivity index (χ2n) is 4.75. The fourth-order valence-corrected chi connectivity index (χ4v) is 2.40. The summed E-state index contributed by atoms with van der Waals surface area (Å²) in [6.45, 7) is 0.626. The van der Waals surface area contributed by atoms with Gasteiger partial charge >= 0.3 is 12.1 Å². The van der Waals surface area contributed by atoms with Crippen LogP contribution in [0.4, 0.5) is 4.79 Å². The van der Waals surface area contributed by atoms with Crippen molar-refractivity contribution in [1.29, 1.82) is 0 Å². The van der Waals surface area contributed by atoms with E-state index in [4.69, 9.17) is 9.84 Å². The molecule has 3 rings (SSSR count). The number of nitrogens with zero attached hydrogens (tertiary/aromatic N) is 1. The highest BCUT2D eigenvalue weighted by molar-refractivity contribution is 5.92. The summed E-state index contributed by atoms with van der Waals surface area (Å²) in [5.74, 6) is -1.28. The number of alkyl carbamates (subject to hydrolysis) is 1. The van der Waals surface area contributed by atoms with E-state index in [9.17, 15) is 14.4 Å². The van der Waals surface area contributed by atoms with Crippen LogP contribution in [0.2, 0.25) is 0 Å². The zero-order valence-corrected chi connectivity index (χ0v) is 10.9. The number of para-hydroxylation sites is 1. The number of amides is 1. The van der Waals surface area contributed by atoms with Crippen molar-refractivity contribution in [3.05, 3.63) is 46.2 Å². The number of hydrogen-bond donors (Lipinski definition) is 2. The topological polar surface area (TPSA) is 97.6 Å². The van der Waals surface area contributed by atoms with Crippen molar-refractivity contribution in [2.45, 2.75) is 12.6 Å². The van der Waals surface area contributed by atoms with Crippen LogP contribution in [0.15, 0.2) is 35.3 Å². The molecule has 0 radical (unpaired) electrons. The van der Waals surface area contributed by atoms with Crippen molar-refractivity contribution >= 4 is 23.0 Å². The molecule has 0 aliphatic carbocycles. The summed E-state index contributed by atoms with van der Waals surface area (Å²) in [6.07, 6.45) is 0.396. The van der Waals surface area contributed by atoms with E-state index in [2.05, 4.69) is 5.32 Å². The molecule has 1 amide bonds. The van der Waals surface area contributed by atoms with E-state index in [0.717, 1.165) is 0 Å². The van der Waals surface area contributed by atoms with Crippen LogP contribution in [0, 0.1) is 0 Å². The largest absolute Gasteiger partial charge is 0.477 e. The van der Waals surface area contributed by atoms with Gasteiger partial charge in [-0.25, -0.2) is 9.59 Å². The zero-order valence-electron chi connectivity index (χ0n) is 10.9. The molecule has 7 nitrogen and oxygen atoms in total. The van der Waals surface area contributed by atoms with Crippen molar-refractivity contribution in [2.24, 2.45) is 0 Å². The Hall–Kier alpha value is -2.83. The lowest BCUT2D eigenvalue weighted by atomic mass is 10.1. The third kappa shape index (κ3) is 2.33. The summed E-state index contributed by atoms with van der Waals surface area (Å²) in [4.78, 5) is 34.4. The number of rotatable bonds is 3. The molecule has 1 unspecified atom stereocenters. The molecule has 1 saturated heterocycles. The van der Waals surface area contributed by atoms with E-state index in [1.807, 2.05) is 0 Å². The fraction of sp³-hybridized carbons (Fsp3) is 0.214. The third-order valence-corrected chi connectivity index (χ3v) is 3.37. The predicted octanol–water partition coefficient (Wildman–Crippen LogP) is 0.808. The number of hydrogen-bond acceptors (Lipinski definition) is 4. The van der Waals surface area contributed by atoms with Gasteiger partial charge in [-0.3, -0.25) is 4.79 Å². The SMILES string of the molecule is O=C1NCC(Cn2cc(C(=O)O)c(=O)c3ccccc32)O1. The number of nitrogens with one attached hydrogen (secondary N) is 1. The smallest absolute Gasteiger partial charge is 0.407 e. The minimum atomic E-state index is -1.28. The summed E-state index contributed by atoms with van der Waals surface area (Å²) < 4.78 is 6.68. The van der Waals surface area contributed by atoms with E-state index < -0.39 is 23.6 Å². The van der Waals surface area contributed by atoms with Crippen LogP contribution in [-0.4, -0.2) is 34.4 Å². The van der Waals surface area contributed by atoms with Crippen LogP contribution in [0.3, 0.4) is 0 Å². The first kappa shape index (κ1) is 13.2. The van der Waals surface area contributed by atoms with Crippen LogP contribution in [0.5, 0.6) is 0 Å². The van der Waals surface area contributed by atoms with Crippen LogP contribution in [-0.2, 0) is 11.3 Å². The zero-order chi connectivity index (χ0) is 15.0.